The fraction of sp³-hybridized carbons (Fsp3) is 0.444. The van der Waals surface area contributed by atoms with Gasteiger partial charge in [0.2, 0.25) is 0 Å². The second kappa shape index (κ2) is 5.26. The summed E-state index contributed by atoms with van der Waals surface area (Å²) in [7, 11) is 1.79. The second-order valence-corrected chi connectivity index (χ2v) is 3.46. The number of carboxylic acid groups (broad SMARTS) is 2. The maximum atomic E-state index is 10.5. The quantitative estimate of drug-likeness (QED) is 0.673. The molecule has 0 unspecified atom stereocenters. The van der Waals surface area contributed by atoms with Crippen molar-refractivity contribution in [2.75, 3.05) is 13.1 Å². The van der Waals surface area contributed by atoms with Gasteiger partial charge in [-0.25, -0.2) is 4.98 Å². The Morgan fingerprint density at radius 2 is 1.94 bits per heavy atom. The van der Waals surface area contributed by atoms with Crippen LogP contribution >= 0.6 is 0 Å². The molecule has 0 aliphatic carbocycles. The molecule has 7 nitrogen and oxygen atoms in total. The maximum absolute atomic E-state index is 10.5. The molecule has 1 heterocycles. The fourth-order valence-corrected chi connectivity index (χ4v) is 1.33. The Bertz CT molecular complexity index is 372. The van der Waals surface area contributed by atoms with Crippen molar-refractivity contribution in [3.05, 3.63) is 18.2 Å². The van der Waals surface area contributed by atoms with Crippen LogP contribution in [0.1, 0.15) is 5.69 Å². The van der Waals surface area contributed by atoms with E-state index >= 15 is 0 Å². The van der Waals surface area contributed by atoms with E-state index in [0.29, 0.717) is 5.69 Å². The number of carbonyl (C=O) groups is 2. The van der Waals surface area contributed by atoms with Crippen LogP contribution in [-0.2, 0) is 23.2 Å². The van der Waals surface area contributed by atoms with Crippen molar-refractivity contribution in [1.29, 1.82) is 0 Å². The first-order valence-corrected chi connectivity index (χ1v) is 4.60. The molecule has 2 N–H and O–H groups in total. The lowest BCUT2D eigenvalue weighted by atomic mass is 10.4. The van der Waals surface area contributed by atoms with E-state index in [0.717, 1.165) is 0 Å². The molecule has 0 spiro atoms. The highest BCUT2D eigenvalue weighted by atomic mass is 16.4. The van der Waals surface area contributed by atoms with Crippen LogP contribution in [0.5, 0.6) is 0 Å². The molecule has 0 fully saturated rings. The highest BCUT2D eigenvalue weighted by molar-refractivity contribution is 5.72. The SMILES string of the molecule is Cn1cnc(CN(CC(=O)O)CC(=O)O)c1. The number of rotatable bonds is 6. The summed E-state index contributed by atoms with van der Waals surface area (Å²) in [6, 6.07) is 0. The number of carboxylic acids is 2. The third-order valence-corrected chi connectivity index (χ3v) is 1.86. The summed E-state index contributed by atoms with van der Waals surface area (Å²) >= 11 is 0. The van der Waals surface area contributed by atoms with Gasteiger partial charge in [0.1, 0.15) is 0 Å². The molecule has 1 aromatic rings. The Hall–Kier alpha value is -1.89. The molecule has 7 heteroatoms. The molecule has 0 atom stereocenters. The van der Waals surface area contributed by atoms with Gasteiger partial charge in [0.15, 0.2) is 0 Å². The number of hydrogen-bond donors (Lipinski definition) is 2. The van der Waals surface area contributed by atoms with Crippen molar-refractivity contribution < 1.29 is 19.8 Å². The molecule has 0 bridgehead atoms. The third kappa shape index (κ3) is 4.09. The van der Waals surface area contributed by atoms with E-state index in [2.05, 4.69) is 4.98 Å². The zero-order valence-electron chi connectivity index (χ0n) is 8.83. The Morgan fingerprint density at radius 3 is 2.31 bits per heavy atom. The molecule has 1 aromatic heterocycles. The monoisotopic (exact) mass is 227 g/mol. The summed E-state index contributed by atoms with van der Waals surface area (Å²) in [6.07, 6.45) is 3.30. The van der Waals surface area contributed by atoms with Gasteiger partial charge in [-0.1, -0.05) is 0 Å². The molecule has 0 amide bonds. The van der Waals surface area contributed by atoms with Crippen LogP contribution < -0.4 is 0 Å². The van der Waals surface area contributed by atoms with Gasteiger partial charge in [0.05, 0.1) is 25.1 Å². The van der Waals surface area contributed by atoms with Gasteiger partial charge in [0.25, 0.3) is 0 Å². The zero-order chi connectivity index (χ0) is 12.1. The molecule has 0 aliphatic heterocycles. The number of aromatic nitrogens is 2. The van der Waals surface area contributed by atoms with Crippen molar-refractivity contribution in [3.8, 4) is 0 Å². The predicted octanol–water partition coefficient (Wildman–Crippen LogP) is -0.609. The van der Waals surface area contributed by atoms with Crippen molar-refractivity contribution >= 4 is 11.9 Å². The summed E-state index contributed by atoms with van der Waals surface area (Å²) < 4.78 is 1.72. The van der Waals surface area contributed by atoms with Crippen LogP contribution in [0.15, 0.2) is 12.5 Å². The van der Waals surface area contributed by atoms with Crippen LogP contribution in [0, 0.1) is 0 Å². The minimum Gasteiger partial charge on any atom is -0.480 e. The molecular weight excluding hydrogens is 214 g/mol. The average Bonchev–Trinajstić information content (AvgIpc) is 2.48. The van der Waals surface area contributed by atoms with Crippen molar-refractivity contribution in [1.82, 2.24) is 14.5 Å². The van der Waals surface area contributed by atoms with Gasteiger partial charge >= 0.3 is 11.9 Å². The van der Waals surface area contributed by atoms with Crippen molar-refractivity contribution in [3.63, 3.8) is 0 Å². The minimum atomic E-state index is -1.06. The highest BCUT2D eigenvalue weighted by Crippen LogP contribution is 2.01. The molecule has 1 rings (SSSR count). The molecule has 0 saturated heterocycles. The second-order valence-electron chi connectivity index (χ2n) is 3.46. The number of aliphatic carboxylic acids is 2. The molecule has 0 radical (unpaired) electrons. The van der Waals surface area contributed by atoms with E-state index in [1.807, 2.05) is 0 Å². The van der Waals surface area contributed by atoms with Crippen LogP contribution in [-0.4, -0.2) is 49.7 Å². The molecule has 88 valence electrons. The standard InChI is InChI=1S/C9H13N3O4/c1-11-2-7(10-6-11)3-12(4-8(13)14)5-9(15)16/h2,6H,3-5H2,1H3,(H,13,14)(H,15,16). The van der Waals surface area contributed by atoms with Gasteiger partial charge in [0, 0.05) is 19.8 Å². The number of aryl methyl sites for hydroxylation is 1. The van der Waals surface area contributed by atoms with E-state index in [1.165, 1.54) is 4.90 Å². The van der Waals surface area contributed by atoms with Crippen LogP contribution in [0.4, 0.5) is 0 Å². The van der Waals surface area contributed by atoms with Gasteiger partial charge in [-0.3, -0.25) is 14.5 Å². The van der Waals surface area contributed by atoms with Crippen LogP contribution in [0.3, 0.4) is 0 Å². The number of hydrogen-bond acceptors (Lipinski definition) is 4. The molecule has 0 aromatic carbocycles. The summed E-state index contributed by atoms with van der Waals surface area (Å²) in [6.45, 7) is -0.425. The Morgan fingerprint density at radius 1 is 1.38 bits per heavy atom. The minimum absolute atomic E-state index is 0.208. The summed E-state index contributed by atoms with van der Waals surface area (Å²) in [4.78, 5) is 26.4. The average molecular weight is 227 g/mol. The Balaban J connectivity index is 2.62. The summed E-state index contributed by atoms with van der Waals surface area (Å²) in [5, 5.41) is 17.2. The topological polar surface area (TPSA) is 95.7 Å². The lowest BCUT2D eigenvalue weighted by Gasteiger charge is -2.16. The van der Waals surface area contributed by atoms with E-state index < -0.39 is 11.9 Å². The van der Waals surface area contributed by atoms with Gasteiger partial charge in [-0.05, 0) is 0 Å². The first-order chi connectivity index (χ1) is 7.47. The van der Waals surface area contributed by atoms with E-state index in [-0.39, 0.29) is 19.6 Å². The van der Waals surface area contributed by atoms with Crippen LogP contribution in [0.25, 0.3) is 0 Å². The largest absolute Gasteiger partial charge is 0.480 e. The van der Waals surface area contributed by atoms with Crippen molar-refractivity contribution in [2.45, 2.75) is 6.54 Å². The Labute approximate surface area is 91.9 Å². The first kappa shape index (κ1) is 12.2. The predicted molar refractivity (Wildman–Crippen MR) is 53.8 cm³/mol. The zero-order valence-corrected chi connectivity index (χ0v) is 8.83. The van der Waals surface area contributed by atoms with E-state index in [1.54, 1.807) is 24.1 Å². The third-order valence-electron chi connectivity index (χ3n) is 1.86. The number of nitrogens with zero attached hydrogens (tertiary/aromatic N) is 3. The lowest BCUT2D eigenvalue weighted by Crippen LogP contribution is -2.34. The summed E-state index contributed by atoms with van der Waals surface area (Å²) in [5.74, 6) is -2.12. The molecule has 16 heavy (non-hydrogen) atoms. The lowest BCUT2D eigenvalue weighted by molar-refractivity contribution is -0.142. The van der Waals surface area contributed by atoms with Gasteiger partial charge in [-0.2, -0.15) is 0 Å². The maximum Gasteiger partial charge on any atom is 0.317 e. The normalized spacial score (nSPS) is 10.6. The van der Waals surface area contributed by atoms with E-state index in [4.69, 9.17) is 10.2 Å². The van der Waals surface area contributed by atoms with Gasteiger partial charge in [-0.15, -0.1) is 0 Å². The number of imidazole rings is 1. The molecular formula is C9H13N3O4. The van der Waals surface area contributed by atoms with Crippen LogP contribution in [0.2, 0.25) is 0 Å². The van der Waals surface area contributed by atoms with E-state index in [9.17, 15) is 9.59 Å². The first-order valence-electron chi connectivity index (χ1n) is 4.60. The molecule has 0 saturated carbocycles. The fourth-order valence-electron chi connectivity index (χ4n) is 1.33. The summed E-state index contributed by atoms with van der Waals surface area (Å²) in [5.41, 5.74) is 0.644. The van der Waals surface area contributed by atoms with Gasteiger partial charge < -0.3 is 14.8 Å². The Kier molecular flexibility index (Phi) is 4.01. The smallest absolute Gasteiger partial charge is 0.317 e. The highest BCUT2D eigenvalue weighted by Gasteiger charge is 2.14. The molecule has 0 aliphatic rings. The van der Waals surface area contributed by atoms with Crippen molar-refractivity contribution in [2.24, 2.45) is 7.05 Å².